The first-order chi connectivity index (χ1) is 10.1. The fourth-order valence-corrected chi connectivity index (χ4v) is 2.44. The lowest BCUT2D eigenvalue weighted by Crippen LogP contribution is -2.41. The van der Waals surface area contributed by atoms with Crippen LogP contribution < -0.4 is 15.5 Å². The van der Waals surface area contributed by atoms with Crippen molar-refractivity contribution in [1.82, 2.24) is 5.32 Å². The minimum atomic E-state index is -0.297. The van der Waals surface area contributed by atoms with Gasteiger partial charge < -0.3 is 25.0 Å². The number of nitrogens with zero attached hydrogens (tertiary/aromatic N) is 1. The molecule has 0 radical (unpaired) electrons. The summed E-state index contributed by atoms with van der Waals surface area (Å²) in [4.78, 5) is 13.8. The van der Waals surface area contributed by atoms with Gasteiger partial charge in [-0.25, -0.2) is 4.79 Å². The Morgan fingerprint density at radius 2 is 2.24 bits per heavy atom. The summed E-state index contributed by atoms with van der Waals surface area (Å²) in [5.41, 5.74) is 1.43. The predicted octanol–water partition coefficient (Wildman–Crippen LogP) is 1.94. The van der Waals surface area contributed by atoms with E-state index in [9.17, 15) is 4.79 Å². The van der Waals surface area contributed by atoms with Gasteiger partial charge in [0, 0.05) is 20.6 Å². The topological polar surface area (TPSA) is 62.8 Å². The minimum absolute atomic E-state index is 0.0998. The Kier molecular flexibility index (Phi) is 5.67. The van der Waals surface area contributed by atoms with Crippen molar-refractivity contribution in [2.45, 2.75) is 6.10 Å². The normalized spacial score (nSPS) is 18.1. The first-order valence-corrected chi connectivity index (χ1v) is 7.15. The molecule has 1 aliphatic rings. The molecule has 0 spiro atoms. The summed E-state index contributed by atoms with van der Waals surface area (Å²) >= 11 is 6.16. The number of hydrogen-bond acceptors (Lipinski definition) is 4. The quantitative estimate of drug-likeness (QED) is 0.892. The van der Waals surface area contributed by atoms with Gasteiger partial charge in [0.15, 0.2) is 0 Å². The number of halogens is 1. The van der Waals surface area contributed by atoms with Gasteiger partial charge in [-0.15, -0.1) is 0 Å². The number of nitrogens with one attached hydrogen (secondary N) is 2. The van der Waals surface area contributed by atoms with Crippen molar-refractivity contribution in [3.8, 4) is 0 Å². The molecule has 0 bridgehead atoms. The van der Waals surface area contributed by atoms with Crippen LogP contribution in [0, 0.1) is 0 Å². The highest BCUT2D eigenvalue weighted by molar-refractivity contribution is 6.34. The van der Waals surface area contributed by atoms with Gasteiger partial charge in [-0.1, -0.05) is 17.7 Å². The summed E-state index contributed by atoms with van der Waals surface area (Å²) in [6.45, 7) is 2.08. The number of carbonyl (C=O) groups excluding carboxylic acids is 1. The Morgan fingerprint density at radius 1 is 1.43 bits per heavy atom. The SMILES string of the molecule is CN(C)c1c(Cl)cccc1NC(=O)NCC1COCCO1. The van der Waals surface area contributed by atoms with Crippen LogP contribution in [0.15, 0.2) is 18.2 Å². The predicted molar refractivity (Wildman–Crippen MR) is 83.4 cm³/mol. The van der Waals surface area contributed by atoms with Crippen molar-refractivity contribution in [2.24, 2.45) is 0 Å². The molecule has 1 heterocycles. The summed E-state index contributed by atoms with van der Waals surface area (Å²) in [5, 5.41) is 6.15. The summed E-state index contributed by atoms with van der Waals surface area (Å²) in [7, 11) is 3.75. The van der Waals surface area contributed by atoms with Crippen molar-refractivity contribution in [3.05, 3.63) is 23.2 Å². The third kappa shape index (κ3) is 4.49. The maximum Gasteiger partial charge on any atom is 0.319 e. The lowest BCUT2D eigenvalue weighted by molar-refractivity contribution is -0.0852. The lowest BCUT2D eigenvalue weighted by Gasteiger charge is -2.23. The molecule has 2 N–H and O–H groups in total. The second-order valence-electron chi connectivity index (χ2n) is 4.93. The molecular formula is C14H20ClN3O3. The molecule has 1 aromatic carbocycles. The molecule has 21 heavy (non-hydrogen) atoms. The van der Waals surface area contributed by atoms with Gasteiger partial charge >= 0.3 is 6.03 Å². The number of urea groups is 1. The maximum atomic E-state index is 12.0. The Hall–Kier alpha value is -1.50. The van der Waals surface area contributed by atoms with Crippen LogP contribution in [0.4, 0.5) is 16.2 Å². The highest BCUT2D eigenvalue weighted by Crippen LogP contribution is 2.32. The number of carbonyl (C=O) groups is 1. The van der Waals surface area contributed by atoms with Crippen molar-refractivity contribution < 1.29 is 14.3 Å². The molecule has 1 fully saturated rings. The Bertz CT molecular complexity index is 490. The number of hydrogen-bond donors (Lipinski definition) is 2. The maximum absolute atomic E-state index is 12.0. The third-order valence-corrected chi connectivity index (χ3v) is 3.36. The van der Waals surface area contributed by atoms with E-state index < -0.39 is 0 Å². The molecule has 7 heteroatoms. The fraction of sp³-hybridized carbons (Fsp3) is 0.500. The van der Waals surface area contributed by atoms with Crippen molar-refractivity contribution in [1.29, 1.82) is 0 Å². The van der Waals surface area contributed by atoms with Gasteiger partial charge in [0.2, 0.25) is 0 Å². The standard InChI is InChI=1S/C14H20ClN3O3/c1-18(2)13-11(15)4-3-5-12(13)17-14(19)16-8-10-9-20-6-7-21-10/h3-5,10H,6-9H2,1-2H3,(H2,16,17,19). The molecule has 6 nitrogen and oxygen atoms in total. The van der Waals surface area contributed by atoms with Crippen LogP contribution in [-0.4, -0.2) is 52.6 Å². The highest BCUT2D eigenvalue weighted by atomic mass is 35.5. The zero-order valence-electron chi connectivity index (χ0n) is 12.2. The summed E-state index contributed by atoms with van der Waals surface area (Å²) in [6, 6.07) is 5.09. The molecule has 0 saturated carbocycles. The molecule has 2 amide bonds. The van der Waals surface area contributed by atoms with Gasteiger partial charge in [0.25, 0.3) is 0 Å². The van der Waals surface area contributed by atoms with E-state index in [0.29, 0.717) is 37.1 Å². The van der Waals surface area contributed by atoms with Crippen LogP contribution in [0.5, 0.6) is 0 Å². The zero-order chi connectivity index (χ0) is 15.2. The van der Waals surface area contributed by atoms with Gasteiger partial charge in [0.05, 0.1) is 42.3 Å². The number of amides is 2. The molecule has 1 saturated heterocycles. The Labute approximate surface area is 129 Å². The first kappa shape index (κ1) is 15.9. The van der Waals surface area contributed by atoms with Crippen molar-refractivity contribution >= 4 is 29.0 Å². The number of anilines is 2. The van der Waals surface area contributed by atoms with E-state index in [0.717, 1.165) is 5.69 Å². The van der Waals surface area contributed by atoms with E-state index in [2.05, 4.69) is 10.6 Å². The first-order valence-electron chi connectivity index (χ1n) is 6.78. The highest BCUT2D eigenvalue weighted by Gasteiger charge is 2.16. The number of para-hydroxylation sites is 1. The molecule has 1 atom stereocenters. The van der Waals surface area contributed by atoms with Gasteiger partial charge in [-0.05, 0) is 12.1 Å². The molecule has 1 aliphatic heterocycles. The molecule has 116 valence electrons. The third-order valence-electron chi connectivity index (χ3n) is 3.06. The van der Waals surface area contributed by atoms with Crippen LogP contribution in [-0.2, 0) is 9.47 Å². The smallest absolute Gasteiger partial charge is 0.319 e. The summed E-state index contributed by atoms with van der Waals surface area (Å²) < 4.78 is 10.7. The molecule has 1 unspecified atom stereocenters. The van der Waals surface area contributed by atoms with Gasteiger partial charge in [0.1, 0.15) is 0 Å². The Morgan fingerprint density at radius 3 is 2.90 bits per heavy atom. The second kappa shape index (κ2) is 7.49. The molecular weight excluding hydrogens is 294 g/mol. The van der Waals surface area contributed by atoms with E-state index in [-0.39, 0.29) is 12.1 Å². The van der Waals surface area contributed by atoms with E-state index in [4.69, 9.17) is 21.1 Å². The van der Waals surface area contributed by atoms with Gasteiger partial charge in [-0.3, -0.25) is 0 Å². The molecule has 1 aromatic rings. The number of rotatable bonds is 4. The van der Waals surface area contributed by atoms with Crippen molar-refractivity contribution in [2.75, 3.05) is 50.7 Å². The summed E-state index contributed by atoms with van der Waals surface area (Å²) in [6.07, 6.45) is -0.0998. The van der Waals surface area contributed by atoms with Crippen molar-refractivity contribution in [3.63, 3.8) is 0 Å². The molecule has 0 aromatic heterocycles. The Balaban J connectivity index is 1.91. The molecule has 2 rings (SSSR count). The van der Waals surface area contributed by atoms with E-state index in [1.54, 1.807) is 18.2 Å². The van der Waals surface area contributed by atoms with E-state index >= 15 is 0 Å². The van der Waals surface area contributed by atoms with Crippen LogP contribution in [0.3, 0.4) is 0 Å². The van der Waals surface area contributed by atoms with E-state index in [1.807, 2.05) is 19.0 Å². The number of benzene rings is 1. The second-order valence-corrected chi connectivity index (χ2v) is 5.34. The average Bonchev–Trinajstić information content (AvgIpc) is 2.46. The fourth-order valence-electron chi connectivity index (χ4n) is 2.10. The van der Waals surface area contributed by atoms with E-state index in [1.165, 1.54) is 0 Å². The number of ether oxygens (including phenoxy) is 2. The average molecular weight is 314 g/mol. The summed E-state index contributed by atoms with van der Waals surface area (Å²) in [5.74, 6) is 0. The minimum Gasteiger partial charge on any atom is -0.376 e. The van der Waals surface area contributed by atoms with Crippen LogP contribution in [0.25, 0.3) is 0 Å². The molecule has 0 aliphatic carbocycles. The van der Waals surface area contributed by atoms with Crippen LogP contribution in [0.2, 0.25) is 5.02 Å². The van der Waals surface area contributed by atoms with Crippen LogP contribution >= 0.6 is 11.6 Å². The lowest BCUT2D eigenvalue weighted by atomic mass is 10.2. The van der Waals surface area contributed by atoms with Crippen LogP contribution in [0.1, 0.15) is 0 Å². The largest absolute Gasteiger partial charge is 0.376 e. The monoisotopic (exact) mass is 313 g/mol. The zero-order valence-corrected chi connectivity index (χ0v) is 12.9. The van der Waals surface area contributed by atoms with Gasteiger partial charge in [-0.2, -0.15) is 0 Å².